The van der Waals surface area contributed by atoms with Gasteiger partial charge in [-0.2, -0.15) is 0 Å². The molecule has 4 aromatic rings. The average molecular weight is 491 g/mol. The quantitative estimate of drug-likeness (QED) is 0.428. The molecule has 2 fully saturated rings. The molecule has 2 aromatic carbocycles. The van der Waals surface area contributed by atoms with E-state index < -0.39 is 0 Å². The van der Waals surface area contributed by atoms with E-state index in [4.69, 9.17) is 15.7 Å². The molecule has 2 aliphatic heterocycles. The van der Waals surface area contributed by atoms with Crippen LogP contribution in [0.2, 0.25) is 0 Å². The molecule has 7 rings (SSSR count). The molecular formula is C30H30N6O. The fraction of sp³-hybridized carbons (Fsp3) is 0.300. The van der Waals surface area contributed by atoms with Crippen LogP contribution in [0, 0.1) is 0 Å². The minimum absolute atomic E-state index is 0.183. The topological polar surface area (TPSA) is 92.0 Å². The molecule has 1 atom stereocenters. The molecule has 4 heterocycles. The third-order valence-corrected chi connectivity index (χ3v) is 8.07. The monoisotopic (exact) mass is 490 g/mol. The molecule has 3 aliphatic rings. The molecule has 7 heteroatoms. The molecule has 0 bridgehead atoms. The number of fused-ring (bicyclic) bond motifs is 2. The lowest BCUT2D eigenvalue weighted by molar-refractivity contribution is 0.107. The minimum atomic E-state index is -0.183. The molecule has 186 valence electrons. The molecule has 2 aromatic heterocycles. The average Bonchev–Trinajstić information content (AvgIpc) is 3.41. The van der Waals surface area contributed by atoms with Gasteiger partial charge in [0.15, 0.2) is 0 Å². The highest BCUT2D eigenvalue weighted by atomic mass is 16.3. The number of nitrogens with two attached hydrogens (primary N) is 1. The number of hydrogen-bond donors (Lipinski definition) is 2. The largest absolute Gasteiger partial charge is 0.392 e. The van der Waals surface area contributed by atoms with Crippen LogP contribution in [0.15, 0.2) is 72.0 Å². The van der Waals surface area contributed by atoms with Crippen molar-refractivity contribution in [1.29, 1.82) is 0 Å². The Kier molecular flexibility index (Phi) is 5.41. The summed E-state index contributed by atoms with van der Waals surface area (Å²) in [6, 6.07) is 17.2. The summed E-state index contributed by atoms with van der Waals surface area (Å²) in [5.41, 5.74) is 13.3. The second-order valence-corrected chi connectivity index (χ2v) is 10.4. The molecule has 0 spiro atoms. The van der Waals surface area contributed by atoms with Gasteiger partial charge < -0.3 is 10.8 Å². The zero-order chi connectivity index (χ0) is 24.9. The number of aliphatic imine (C=N–C) groups is 1. The molecule has 1 aliphatic carbocycles. The summed E-state index contributed by atoms with van der Waals surface area (Å²) in [4.78, 5) is 17.1. The Hall–Kier alpha value is -3.81. The van der Waals surface area contributed by atoms with E-state index in [1.54, 1.807) is 6.20 Å². The number of aromatic nitrogens is 3. The van der Waals surface area contributed by atoms with Gasteiger partial charge in [-0.3, -0.25) is 14.3 Å². The van der Waals surface area contributed by atoms with Crippen molar-refractivity contribution in [3.05, 3.63) is 84.0 Å². The molecule has 3 N–H and O–H groups in total. The molecule has 7 nitrogen and oxygen atoms in total. The first kappa shape index (κ1) is 22.4. The van der Waals surface area contributed by atoms with Gasteiger partial charge in [0, 0.05) is 49.4 Å². The second-order valence-electron chi connectivity index (χ2n) is 10.4. The Morgan fingerprint density at radius 1 is 1.03 bits per heavy atom. The molecule has 1 unspecified atom stereocenters. The van der Waals surface area contributed by atoms with Crippen molar-refractivity contribution in [2.45, 2.75) is 43.7 Å². The van der Waals surface area contributed by atoms with Gasteiger partial charge in [-0.05, 0) is 36.5 Å². The van der Waals surface area contributed by atoms with Crippen molar-refractivity contribution in [3.8, 4) is 11.3 Å². The minimum Gasteiger partial charge on any atom is -0.392 e. The fourth-order valence-corrected chi connectivity index (χ4v) is 6.00. The third kappa shape index (κ3) is 3.95. The first-order valence-corrected chi connectivity index (χ1v) is 13.1. The van der Waals surface area contributed by atoms with Crippen LogP contribution in [-0.4, -0.2) is 55.3 Å². The van der Waals surface area contributed by atoms with E-state index in [1.165, 1.54) is 0 Å². The summed E-state index contributed by atoms with van der Waals surface area (Å²) in [6.07, 6.45) is 11.6. The highest BCUT2D eigenvalue weighted by Crippen LogP contribution is 2.43. The van der Waals surface area contributed by atoms with Crippen LogP contribution in [-0.2, 0) is 0 Å². The molecule has 37 heavy (non-hydrogen) atoms. The number of likely N-dealkylation sites (tertiary alicyclic amines) is 1. The Morgan fingerprint density at radius 2 is 1.89 bits per heavy atom. The molecular weight excluding hydrogens is 460 g/mol. The standard InChI is InChI=1S/C30H30N6O/c31-29-28-27(21-10-9-20-7-4-8-25(33-26(20)17-21)19-5-2-1-3-6-19)34-30(36(28)14-12-32-29)22-15-23(16-22)35-13-11-24(37)18-35/h1-7,9-10,12,14,17,22-24,37H,8,11,13,15-16,18H2,(H2,31,32). The third-order valence-electron chi connectivity index (χ3n) is 8.07. The lowest BCUT2D eigenvalue weighted by Gasteiger charge is -2.40. The van der Waals surface area contributed by atoms with Crippen molar-refractivity contribution >= 4 is 28.8 Å². The lowest BCUT2D eigenvalue weighted by Crippen LogP contribution is -2.43. The highest BCUT2D eigenvalue weighted by Gasteiger charge is 2.39. The maximum absolute atomic E-state index is 9.94. The molecule has 1 saturated heterocycles. The van der Waals surface area contributed by atoms with E-state index >= 15 is 0 Å². The Balaban J connectivity index is 1.26. The van der Waals surface area contributed by atoms with Crippen molar-refractivity contribution in [3.63, 3.8) is 0 Å². The number of aliphatic hydroxyl groups excluding tert-OH is 1. The lowest BCUT2D eigenvalue weighted by atomic mass is 9.79. The zero-order valence-electron chi connectivity index (χ0n) is 20.7. The van der Waals surface area contributed by atoms with E-state index in [1.807, 2.05) is 12.3 Å². The van der Waals surface area contributed by atoms with Crippen LogP contribution >= 0.6 is 0 Å². The van der Waals surface area contributed by atoms with Crippen LogP contribution in [0.5, 0.6) is 0 Å². The van der Waals surface area contributed by atoms with Gasteiger partial charge >= 0.3 is 0 Å². The van der Waals surface area contributed by atoms with E-state index in [0.717, 1.165) is 83.9 Å². The summed E-state index contributed by atoms with van der Waals surface area (Å²) < 4.78 is 2.13. The second kappa shape index (κ2) is 8.94. The van der Waals surface area contributed by atoms with Crippen LogP contribution in [0.3, 0.4) is 0 Å². The van der Waals surface area contributed by atoms with E-state index in [2.05, 4.69) is 68.9 Å². The SMILES string of the molecule is Nc1nccn2c(C3CC(N4CCC(O)C4)C3)nc(-c3ccc4c(c3)N=C(c3ccccc3)CC=C4)c12. The molecule has 1 saturated carbocycles. The number of nitrogen functional groups attached to an aromatic ring is 1. The van der Waals surface area contributed by atoms with E-state index in [0.29, 0.717) is 17.8 Å². The van der Waals surface area contributed by atoms with Crippen molar-refractivity contribution in [1.82, 2.24) is 19.3 Å². The predicted molar refractivity (Wildman–Crippen MR) is 147 cm³/mol. The highest BCUT2D eigenvalue weighted by molar-refractivity contribution is 6.04. The zero-order valence-corrected chi connectivity index (χ0v) is 20.7. The smallest absolute Gasteiger partial charge is 0.150 e. The maximum Gasteiger partial charge on any atom is 0.150 e. The fourth-order valence-electron chi connectivity index (χ4n) is 6.00. The summed E-state index contributed by atoms with van der Waals surface area (Å²) in [6.45, 7) is 1.77. The first-order valence-electron chi connectivity index (χ1n) is 13.1. The van der Waals surface area contributed by atoms with Crippen LogP contribution in [0.25, 0.3) is 22.9 Å². The van der Waals surface area contributed by atoms with Gasteiger partial charge in [0.1, 0.15) is 22.9 Å². The summed E-state index contributed by atoms with van der Waals surface area (Å²) in [5.74, 6) is 1.88. The van der Waals surface area contributed by atoms with Gasteiger partial charge in [0.05, 0.1) is 17.5 Å². The Labute approximate surface area is 216 Å². The van der Waals surface area contributed by atoms with E-state index in [9.17, 15) is 5.11 Å². The van der Waals surface area contributed by atoms with Crippen molar-refractivity contribution in [2.75, 3.05) is 18.8 Å². The molecule has 0 amide bonds. The van der Waals surface area contributed by atoms with Gasteiger partial charge in [-0.1, -0.05) is 54.6 Å². The van der Waals surface area contributed by atoms with Crippen molar-refractivity contribution in [2.24, 2.45) is 4.99 Å². The number of hydrogen-bond acceptors (Lipinski definition) is 6. The van der Waals surface area contributed by atoms with Gasteiger partial charge in [0.2, 0.25) is 0 Å². The number of allylic oxidation sites excluding steroid dienone is 1. The number of imidazole rings is 1. The van der Waals surface area contributed by atoms with Crippen LogP contribution in [0.4, 0.5) is 11.5 Å². The number of β-amino-alcohol motifs (C(OH)–C–C–N with tert-alkyl or cyclic N) is 1. The number of rotatable bonds is 4. The van der Waals surface area contributed by atoms with Gasteiger partial charge in [-0.15, -0.1) is 0 Å². The van der Waals surface area contributed by atoms with Crippen molar-refractivity contribution < 1.29 is 5.11 Å². The molecule has 0 radical (unpaired) electrons. The normalized spacial score (nSPS) is 23.5. The summed E-state index contributed by atoms with van der Waals surface area (Å²) in [5, 5.41) is 9.94. The van der Waals surface area contributed by atoms with Gasteiger partial charge in [-0.25, -0.2) is 9.97 Å². The number of anilines is 1. The number of benzene rings is 2. The Morgan fingerprint density at radius 3 is 2.70 bits per heavy atom. The Bertz CT molecular complexity index is 1530. The van der Waals surface area contributed by atoms with Crippen LogP contribution < -0.4 is 5.73 Å². The van der Waals surface area contributed by atoms with Gasteiger partial charge in [0.25, 0.3) is 0 Å². The van der Waals surface area contributed by atoms with E-state index in [-0.39, 0.29) is 6.10 Å². The summed E-state index contributed by atoms with van der Waals surface area (Å²) in [7, 11) is 0. The maximum atomic E-state index is 9.94. The predicted octanol–water partition coefficient (Wildman–Crippen LogP) is 4.83. The summed E-state index contributed by atoms with van der Waals surface area (Å²) >= 11 is 0. The number of nitrogens with zero attached hydrogens (tertiary/aromatic N) is 5. The first-order chi connectivity index (χ1) is 18.1. The van der Waals surface area contributed by atoms with Crippen LogP contribution in [0.1, 0.15) is 48.6 Å². The number of aliphatic hydroxyl groups is 1.